The van der Waals surface area contributed by atoms with Gasteiger partial charge in [-0.2, -0.15) is 10.1 Å². The lowest BCUT2D eigenvalue weighted by Gasteiger charge is -2.21. The molecule has 3 heterocycles. The van der Waals surface area contributed by atoms with E-state index in [1.54, 1.807) is 0 Å². The molecule has 8 nitrogen and oxygen atoms in total. The summed E-state index contributed by atoms with van der Waals surface area (Å²) in [7, 11) is 1.97. The Bertz CT molecular complexity index is 749. The van der Waals surface area contributed by atoms with Crippen LogP contribution in [0, 0.1) is 0 Å². The molecule has 1 unspecified atom stereocenters. The number of aryl methyl sites for hydroxylation is 2. The molecule has 0 amide bonds. The van der Waals surface area contributed by atoms with Gasteiger partial charge in [-0.3, -0.25) is 9.67 Å². The molecule has 0 aliphatic carbocycles. The molecule has 2 aromatic heterocycles. The first-order valence-corrected chi connectivity index (χ1v) is 9.91. The van der Waals surface area contributed by atoms with Gasteiger partial charge in [-0.15, -0.1) is 0 Å². The summed E-state index contributed by atoms with van der Waals surface area (Å²) in [6, 6.07) is 0. The molecule has 8 heteroatoms. The molecule has 1 saturated heterocycles. The zero-order valence-corrected chi connectivity index (χ0v) is 16.9. The summed E-state index contributed by atoms with van der Waals surface area (Å²) in [5.41, 5.74) is 1.31. The van der Waals surface area contributed by atoms with E-state index in [0.717, 1.165) is 57.2 Å². The summed E-state index contributed by atoms with van der Waals surface area (Å²) >= 11 is 0. The molecule has 0 saturated carbocycles. The first-order chi connectivity index (χ1) is 13.1. The normalized spacial score (nSPS) is 17.9. The summed E-state index contributed by atoms with van der Waals surface area (Å²) in [6.07, 6.45) is 6.90. The van der Waals surface area contributed by atoms with E-state index in [1.165, 1.54) is 5.56 Å². The Balaban J connectivity index is 1.51. The van der Waals surface area contributed by atoms with Crippen molar-refractivity contribution in [3.05, 3.63) is 29.7 Å². The van der Waals surface area contributed by atoms with Crippen molar-refractivity contribution in [2.24, 2.45) is 12.0 Å². The fourth-order valence-electron chi connectivity index (χ4n) is 3.32. The Kier molecular flexibility index (Phi) is 6.47. The van der Waals surface area contributed by atoms with Gasteiger partial charge in [0.15, 0.2) is 11.8 Å². The summed E-state index contributed by atoms with van der Waals surface area (Å²) in [5.74, 6) is 3.30. The van der Waals surface area contributed by atoms with E-state index in [4.69, 9.17) is 9.52 Å². The highest BCUT2D eigenvalue weighted by atomic mass is 16.5. The predicted octanol–water partition coefficient (Wildman–Crippen LogP) is 2.31. The van der Waals surface area contributed by atoms with E-state index in [-0.39, 0.29) is 0 Å². The minimum Gasteiger partial charge on any atom is -0.357 e. The Morgan fingerprint density at radius 2 is 2.30 bits per heavy atom. The number of aliphatic imine (C=N–C) groups is 1. The Labute approximate surface area is 161 Å². The van der Waals surface area contributed by atoms with Crippen LogP contribution >= 0.6 is 0 Å². The van der Waals surface area contributed by atoms with Crippen molar-refractivity contribution in [3.63, 3.8) is 0 Å². The maximum Gasteiger partial charge on any atom is 0.226 e. The SMILES string of the molecule is CCNC(=NCCCc1nc(C(C)C)no1)N1CCC(c2cnn(C)c2)C1. The van der Waals surface area contributed by atoms with Crippen molar-refractivity contribution in [3.8, 4) is 0 Å². The molecule has 2 aromatic rings. The molecule has 0 aromatic carbocycles. The first-order valence-electron chi connectivity index (χ1n) is 9.91. The largest absolute Gasteiger partial charge is 0.357 e. The van der Waals surface area contributed by atoms with Gasteiger partial charge in [0.25, 0.3) is 0 Å². The van der Waals surface area contributed by atoms with Crippen LogP contribution in [0.3, 0.4) is 0 Å². The van der Waals surface area contributed by atoms with E-state index in [0.29, 0.717) is 17.7 Å². The molecule has 1 fully saturated rings. The standard InChI is InChI=1S/C19H31N7O/c1-5-20-19(21-9-6-7-17-23-18(14(2)3)24-27-17)26-10-8-15(13-26)16-11-22-25(4)12-16/h11-12,14-15H,5-10,13H2,1-4H3,(H,20,21). The number of guanidine groups is 1. The van der Waals surface area contributed by atoms with Gasteiger partial charge in [-0.25, -0.2) is 0 Å². The smallest absolute Gasteiger partial charge is 0.226 e. The van der Waals surface area contributed by atoms with Gasteiger partial charge >= 0.3 is 0 Å². The number of hydrogen-bond acceptors (Lipinski definition) is 5. The van der Waals surface area contributed by atoms with Crippen LogP contribution < -0.4 is 5.32 Å². The van der Waals surface area contributed by atoms with Crippen LogP contribution in [0.2, 0.25) is 0 Å². The summed E-state index contributed by atoms with van der Waals surface area (Å²) < 4.78 is 7.18. The van der Waals surface area contributed by atoms with E-state index in [1.807, 2.05) is 17.9 Å². The average molecular weight is 374 g/mol. The van der Waals surface area contributed by atoms with Gasteiger partial charge < -0.3 is 14.7 Å². The molecule has 1 aliphatic rings. The number of likely N-dealkylation sites (tertiary alicyclic amines) is 1. The van der Waals surface area contributed by atoms with Gasteiger partial charge in [0.2, 0.25) is 5.89 Å². The molecule has 0 radical (unpaired) electrons. The fourth-order valence-corrected chi connectivity index (χ4v) is 3.32. The Morgan fingerprint density at radius 1 is 1.44 bits per heavy atom. The quantitative estimate of drug-likeness (QED) is 0.455. The second kappa shape index (κ2) is 9.01. The first kappa shape index (κ1) is 19.4. The van der Waals surface area contributed by atoms with E-state index < -0.39 is 0 Å². The van der Waals surface area contributed by atoms with Crippen LogP contribution in [0.4, 0.5) is 0 Å². The van der Waals surface area contributed by atoms with Gasteiger partial charge in [0.05, 0.1) is 6.20 Å². The minimum absolute atomic E-state index is 0.295. The average Bonchev–Trinajstić information content (AvgIpc) is 3.37. The minimum atomic E-state index is 0.295. The van der Waals surface area contributed by atoms with Crippen molar-refractivity contribution >= 4 is 5.96 Å². The molecule has 1 atom stereocenters. The van der Waals surface area contributed by atoms with Crippen LogP contribution in [0.5, 0.6) is 0 Å². The molecule has 148 valence electrons. The lowest BCUT2D eigenvalue weighted by Crippen LogP contribution is -2.40. The summed E-state index contributed by atoms with van der Waals surface area (Å²) in [5, 5.41) is 11.7. The molecule has 27 heavy (non-hydrogen) atoms. The maximum atomic E-state index is 5.30. The topological polar surface area (TPSA) is 84.4 Å². The Hall–Kier alpha value is -2.38. The molecule has 3 rings (SSSR count). The molecular formula is C19H31N7O. The third kappa shape index (κ3) is 5.08. The molecule has 0 spiro atoms. The van der Waals surface area contributed by atoms with Crippen molar-refractivity contribution in [1.29, 1.82) is 0 Å². The van der Waals surface area contributed by atoms with Crippen molar-refractivity contribution in [1.82, 2.24) is 30.1 Å². The van der Waals surface area contributed by atoms with Crippen LogP contribution in [0.25, 0.3) is 0 Å². The van der Waals surface area contributed by atoms with Crippen molar-refractivity contribution in [2.45, 2.75) is 51.9 Å². The third-order valence-corrected chi connectivity index (χ3v) is 4.83. The summed E-state index contributed by atoms with van der Waals surface area (Å²) in [4.78, 5) is 11.6. The molecule has 0 bridgehead atoms. The lowest BCUT2D eigenvalue weighted by molar-refractivity contribution is 0.369. The highest BCUT2D eigenvalue weighted by Gasteiger charge is 2.26. The second-order valence-corrected chi connectivity index (χ2v) is 7.42. The van der Waals surface area contributed by atoms with Gasteiger partial charge in [0.1, 0.15) is 0 Å². The predicted molar refractivity (Wildman–Crippen MR) is 105 cm³/mol. The van der Waals surface area contributed by atoms with Crippen molar-refractivity contribution in [2.75, 3.05) is 26.2 Å². The van der Waals surface area contributed by atoms with Gasteiger partial charge in [-0.05, 0) is 25.3 Å². The van der Waals surface area contributed by atoms with Crippen LogP contribution in [-0.2, 0) is 13.5 Å². The van der Waals surface area contributed by atoms with Gasteiger partial charge in [-0.1, -0.05) is 19.0 Å². The van der Waals surface area contributed by atoms with Crippen molar-refractivity contribution < 1.29 is 4.52 Å². The van der Waals surface area contributed by atoms with Crippen LogP contribution in [0.15, 0.2) is 21.9 Å². The highest BCUT2D eigenvalue weighted by molar-refractivity contribution is 5.80. The monoisotopic (exact) mass is 373 g/mol. The number of hydrogen-bond donors (Lipinski definition) is 1. The van der Waals surface area contributed by atoms with Crippen LogP contribution in [0.1, 0.15) is 62.7 Å². The summed E-state index contributed by atoms with van der Waals surface area (Å²) in [6.45, 7) is 9.86. The maximum absolute atomic E-state index is 5.30. The van der Waals surface area contributed by atoms with Crippen LogP contribution in [-0.4, -0.2) is 57.0 Å². The highest BCUT2D eigenvalue weighted by Crippen LogP contribution is 2.26. The Morgan fingerprint density at radius 3 is 2.96 bits per heavy atom. The molecular weight excluding hydrogens is 342 g/mol. The lowest BCUT2D eigenvalue weighted by atomic mass is 10.0. The number of nitrogens with zero attached hydrogens (tertiary/aromatic N) is 6. The third-order valence-electron chi connectivity index (χ3n) is 4.83. The fraction of sp³-hybridized carbons (Fsp3) is 0.684. The zero-order chi connectivity index (χ0) is 19.2. The zero-order valence-electron chi connectivity index (χ0n) is 16.9. The number of aromatic nitrogens is 4. The number of rotatable bonds is 7. The van der Waals surface area contributed by atoms with E-state index in [9.17, 15) is 0 Å². The molecule has 1 N–H and O–H groups in total. The van der Waals surface area contributed by atoms with E-state index >= 15 is 0 Å². The molecule has 1 aliphatic heterocycles. The van der Waals surface area contributed by atoms with Gasteiger partial charge in [0, 0.05) is 57.7 Å². The second-order valence-electron chi connectivity index (χ2n) is 7.42. The van der Waals surface area contributed by atoms with E-state index in [2.05, 4.69) is 52.4 Å². The number of nitrogens with one attached hydrogen (secondary N) is 1.